The molecule has 0 aromatic carbocycles. The number of hydrogen-bond donors (Lipinski definition) is 1. The molecule has 0 fully saturated rings. The Labute approximate surface area is 121 Å². The highest BCUT2D eigenvalue weighted by atomic mass is 32.1. The van der Waals surface area contributed by atoms with Gasteiger partial charge in [-0.15, -0.1) is 11.3 Å². The standard InChI is InChI=1S/C14H17N3O2S/c1-8-5-11(13(14(18)19)10(3)16-8)17(4)6-12-9(2)15-7-20-12/h5,7H,6H2,1-4H3,(H,18,19). The number of aromatic carboxylic acids is 1. The van der Waals surface area contributed by atoms with Crippen molar-refractivity contribution in [2.24, 2.45) is 0 Å². The first-order valence-corrected chi connectivity index (χ1v) is 7.09. The molecule has 0 spiro atoms. The summed E-state index contributed by atoms with van der Waals surface area (Å²) >= 11 is 1.58. The van der Waals surface area contributed by atoms with Crippen LogP contribution in [-0.2, 0) is 6.54 Å². The molecule has 106 valence electrons. The van der Waals surface area contributed by atoms with Crippen molar-refractivity contribution < 1.29 is 9.90 Å². The number of carbonyl (C=O) groups is 1. The Kier molecular flexibility index (Phi) is 4.04. The van der Waals surface area contributed by atoms with E-state index < -0.39 is 5.97 Å². The van der Waals surface area contributed by atoms with Gasteiger partial charge in [-0.25, -0.2) is 9.78 Å². The summed E-state index contributed by atoms with van der Waals surface area (Å²) in [5, 5.41) is 9.39. The molecule has 0 saturated heterocycles. The van der Waals surface area contributed by atoms with Gasteiger partial charge in [-0.3, -0.25) is 4.98 Å². The highest BCUT2D eigenvalue weighted by molar-refractivity contribution is 7.09. The monoisotopic (exact) mass is 291 g/mol. The maximum atomic E-state index is 11.5. The molecular formula is C14H17N3O2S. The third-order valence-electron chi connectivity index (χ3n) is 3.16. The zero-order chi connectivity index (χ0) is 14.9. The molecule has 1 N–H and O–H groups in total. The molecule has 0 amide bonds. The summed E-state index contributed by atoms with van der Waals surface area (Å²) in [5.41, 5.74) is 5.10. The van der Waals surface area contributed by atoms with Crippen LogP contribution in [0.2, 0.25) is 0 Å². The van der Waals surface area contributed by atoms with Crippen LogP contribution >= 0.6 is 11.3 Å². The molecule has 0 aliphatic heterocycles. The molecule has 0 aliphatic carbocycles. The highest BCUT2D eigenvalue weighted by Gasteiger charge is 2.19. The topological polar surface area (TPSA) is 66.3 Å². The van der Waals surface area contributed by atoms with E-state index in [2.05, 4.69) is 9.97 Å². The second-order valence-corrected chi connectivity index (χ2v) is 5.70. The number of anilines is 1. The first-order chi connectivity index (χ1) is 9.40. The summed E-state index contributed by atoms with van der Waals surface area (Å²) in [6.07, 6.45) is 0. The fourth-order valence-corrected chi connectivity index (χ4v) is 2.98. The lowest BCUT2D eigenvalue weighted by atomic mass is 10.1. The Bertz CT molecular complexity index is 652. The molecule has 0 radical (unpaired) electrons. The van der Waals surface area contributed by atoms with Gasteiger partial charge in [0.25, 0.3) is 0 Å². The van der Waals surface area contributed by atoms with Crippen molar-refractivity contribution in [3.8, 4) is 0 Å². The maximum Gasteiger partial charge on any atom is 0.339 e. The minimum Gasteiger partial charge on any atom is -0.478 e. The van der Waals surface area contributed by atoms with Crippen LogP contribution in [0.5, 0.6) is 0 Å². The Morgan fingerprint density at radius 1 is 1.35 bits per heavy atom. The van der Waals surface area contributed by atoms with E-state index in [4.69, 9.17) is 0 Å². The second-order valence-electron chi connectivity index (χ2n) is 4.77. The minimum absolute atomic E-state index is 0.264. The number of aromatic nitrogens is 2. The van der Waals surface area contributed by atoms with Crippen LogP contribution in [0.15, 0.2) is 11.6 Å². The maximum absolute atomic E-state index is 11.5. The molecule has 0 aliphatic rings. The first kappa shape index (κ1) is 14.5. The highest BCUT2D eigenvalue weighted by Crippen LogP contribution is 2.26. The number of hydrogen-bond acceptors (Lipinski definition) is 5. The number of thiazole rings is 1. The molecule has 0 unspecified atom stereocenters. The Morgan fingerprint density at radius 2 is 2.05 bits per heavy atom. The van der Waals surface area contributed by atoms with Gasteiger partial charge in [-0.2, -0.15) is 0 Å². The molecule has 0 saturated carbocycles. The van der Waals surface area contributed by atoms with Gasteiger partial charge in [0.15, 0.2) is 0 Å². The van der Waals surface area contributed by atoms with Gasteiger partial charge in [0.1, 0.15) is 5.56 Å². The molecule has 0 bridgehead atoms. The number of aryl methyl sites for hydroxylation is 3. The Morgan fingerprint density at radius 3 is 2.60 bits per heavy atom. The van der Waals surface area contributed by atoms with Crippen molar-refractivity contribution in [2.75, 3.05) is 11.9 Å². The molecular weight excluding hydrogens is 274 g/mol. The van der Waals surface area contributed by atoms with E-state index in [-0.39, 0.29) is 5.56 Å². The summed E-state index contributed by atoms with van der Waals surface area (Å²) < 4.78 is 0. The molecule has 6 heteroatoms. The predicted octanol–water partition coefficient (Wildman–Crippen LogP) is 2.80. The zero-order valence-corrected chi connectivity index (χ0v) is 12.8. The fraction of sp³-hybridized carbons (Fsp3) is 0.357. The number of nitrogens with zero attached hydrogens (tertiary/aromatic N) is 3. The molecule has 0 atom stereocenters. The van der Waals surface area contributed by atoms with Crippen LogP contribution in [0.4, 0.5) is 5.69 Å². The van der Waals surface area contributed by atoms with Gasteiger partial charge in [-0.1, -0.05) is 0 Å². The lowest BCUT2D eigenvalue weighted by molar-refractivity contribution is 0.0696. The van der Waals surface area contributed by atoms with Gasteiger partial charge in [0.2, 0.25) is 0 Å². The third-order valence-corrected chi connectivity index (χ3v) is 4.08. The first-order valence-electron chi connectivity index (χ1n) is 6.21. The number of carboxylic acids is 1. The summed E-state index contributed by atoms with van der Waals surface area (Å²) in [7, 11) is 1.89. The minimum atomic E-state index is -0.946. The predicted molar refractivity (Wildman–Crippen MR) is 79.6 cm³/mol. The summed E-state index contributed by atoms with van der Waals surface area (Å²) in [6.45, 7) is 6.19. The van der Waals surface area contributed by atoms with Crippen molar-refractivity contribution in [1.29, 1.82) is 0 Å². The Balaban J connectivity index is 2.41. The molecule has 5 nitrogen and oxygen atoms in total. The normalized spacial score (nSPS) is 10.6. The van der Waals surface area contributed by atoms with Crippen molar-refractivity contribution in [3.63, 3.8) is 0 Å². The lowest BCUT2D eigenvalue weighted by Gasteiger charge is -2.22. The lowest BCUT2D eigenvalue weighted by Crippen LogP contribution is -2.21. The van der Waals surface area contributed by atoms with Gasteiger partial charge in [0.05, 0.1) is 29.1 Å². The molecule has 2 aromatic heterocycles. The average Bonchev–Trinajstić information content (AvgIpc) is 2.73. The molecule has 2 rings (SSSR count). The number of carboxylic acid groups (broad SMARTS) is 1. The smallest absolute Gasteiger partial charge is 0.339 e. The summed E-state index contributed by atoms with van der Waals surface area (Å²) in [4.78, 5) is 23.0. The fourth-order valence-electron chi connectivity index (χ4n) is 2.15. The van der Waals surface area contributed by atoms with Gasteiger partial charge >= 0.3 is 5.97 Å². The van der Waals surface area contributed by atoms with Crippen LogP contribution in [0.1, 0.15) is 32.3 Å². The van der Waals surface area contributed by atoms with Crippen LogP contribution in [0.25, 0.3) is 0 Å². The molecule has 2 heterocycles. The number of rotatable bonds is 4. The van der Waals surface area contributed by atoms with Gasteiger partial charge in [0, 0.05) is 17.6 Å². The van der Waals surface area contributed by atoms with Crippen molar-refractivity contribution >= 4 is 23.0 Å². The van der Waals surface area contributed by atoms with E-state index in [1.165, 1.54) is 0 Å². The average molecular weight is 291 g/mol. The van der Waals surface area contributed by atoms with Crippen molar-refractivity contribution in [2.45, 2.75) is 27.3 Å². The van der Waals surface area contributed by atoms with E-state index in [0.717, 1.165) is 16.3 Å². The summed E-state index contributed by atoms with van der Waals surface area (Å²) in [6, 6.07) is 1.81. The van der Waals surface area contributed by atoms with E-state index in [1.807, 2.05) is 31.9 Å². The number of pyridine rings is 1. The van der Waals surface area contributed by atoms with Crippen LogP contribution in [-0.4, -0.2) is 28.1 Å². The quantitative estimate of drug-likeness (QED) is 0.938. The van der Waals surface area contributed by atoms with Gasteiger partial charge in [-0.05, 0) is 26.8 Å². The van der Waals surface area contributed by atoms with E-state index in [9.17, 15) is 9.90 Å². The SMILES string of the molecule is Cc1cc(N(C)Cc2scnc2C)c(C(=O)O)c(C)n1. The molecule has 20 heavy (non-hydrogen) atoms. The van der Waals surface area contributed by atoms with E-state index in [0.29, 0.717) is 17.9 Å². The summed E-state index contributed by atoms with van der Waals surface area (Å²) in [5.74, 6) is -0.946. The van der Waals surface area contributed by atoms with Crippen LogP contribution < -0.4 is 4.90 Å². The van der Waals surface area contributed by atoms with E-state index in [1.54, 1.807) is 23.8 Å². The van der Waals surface area contributed by atoms with Gasteiger partial charge < -0.3 is 10.0 Å². The second kappa shape index (κ2) is 5.58. The van der Waals surface area contributed by atoms with E-state index >= 15 is 0 Å². The molecule has 2 aromatic rings. The van der Waals surface area contributed by atoms with Crippen molar-refractivity contribution in [3.05, 3.63) is 39.1 Å². The third kappa shape index (κ3) is 2.80. The largest absolute Gasteiger partial charge is 0.478 e. The van der Waals surface area contributed by atoms with Crippen molar-refractivity contribution in [1.82, 2.24) is 9.97 Å². The Hall–Kier alpha value is -1.95. The zero-order valence-electron chi connectivity index (χ0n) is 12.0. The van der Waals surface area contributed by atoms with Crippen LogP contribution in [0.3, 0.4) is 0 Å². The van der Waals surface area contributed by atoms with Crippen LogP contribution in [0, 0.1) is 20.8 Å².